The molecule has 10 heteroatoms. The number of aliphatic hydroxyl groups is 3. The van der Waals surface area contributed by atoms with Crippen molar-refractivity contribution in [3.05, 3.63) is 23.7 Å². The van der Waals surface area contributed by atoms with E-state index in [9.17, 15) is 15.3 Å². The maximum atomic E-state index is 10.6. The summed E-state index contributed by atoms with van der Waals surface area (Å²) < 4.78 is 1.03. The van der Waals surface area contributed by atoms with Crippen molar-refractivity contribution >= 4 is 33.3 Å². The summed E-state index contributed by atoms with van der Waals surface area (Å²) in [7, 11) is 0. The predicted molar refractivity (Wildman–Crippen MR) is 133 cm³/mol. The average Bonchev–Trinajstić information content (AvgIpc) is 3.27. The summed E-state index contributed by atoms with van der Waals surface area (Å²) in [5.74, 6) is 1.34. The Morgan fingerprint density at radius 1 is 1.15 bits per heavy atom. The predicted octanol–water partition coefficient (Wildman–Crippen LogP) is 2.88. The lowest BCUT2D eigenvalue weighted by Crippen LogP contribution is -2.36. The zero-order valence-corrected chi connectivity index (χ0v) is 20.5. The molecule has 0 aromatic carbocycles. The molecule has 0 saturated heterocycles. The van der Waals surface area contributed by atoms with Crippen molar-refractivity contribution in [2.75, 3.05) is 17.2 Å². The second-order valence-electron chi connectivity index (χ2n) is 9.70. The van der Waals surface area contributed by atoms with E-state index in [-0.39, 0.29) is 18.6 Å². The van der Waals surface area contributed by atoms with Crippen LogP contribution in [-0.2, 0) is 0 Å². The smallest absolute Gasteiger partial charge is 0.225 e. The van der Waals surface area contributed by atoms with Crippen LogP contribution in [0.25, 0.3) is 20.8 Å². The van der Waals surface area contributed by atoms with Crippen molar-refractivity contribution < 1.29 is 15.3 Å². The Balaban J connectivity index is 1.53. The van der Waals surface area contributed by atoms with E-state index in [4.69, 9.17) is 15.0 Å². The molecule has 0 bridgehead atoms. The monoisotopic (exact) mass is 484 g/mol. The highest BCUT2D eigenvalue weighted by Gasteiger charge is 2.41. The molecule has 0 radical (unpaired) electrons. The number of aliphatic hydroxyl groups excluding tert-OH is 3. The fourth-order valence-electron chi connectivity index (χ4n) is 4.92. The van der Waals surface area contributed by atoms with E-state index in [2.05, 4.69) is 22.5 Å². The third-order valence-corrected chi connectivity index (χ3v) is 8.32. The van der Waals surface area contributed by atoms with Crippen LogP contribution in [0.2, 0.25) is 0 Å². The van der Waals surface area contributed by atoms with Crippen LogP contribution in [0.5, 0.6) is 0 Å². The molecule has 3 aromatic heterocycles. The van der Waals surface area contributed by atoms with Gasteiger partial charge in [0, 0.05) is 24.3 Å². The summed E-state index contributed by atoms with van der Waals surface area (Å²) in [6.45, 7) is 5.87. The highest BCUT2D eigenvalue weighted by Crippen LogP contribution is 2.38. The Morgan fingerprint density at radius 2 is 1.94 bits per heavy atom. The van der Waals surface area contributed by atoms with Crippen LogP contribution in [0, 0.1) is 25.7 Å². The lowest BCUT2D eigenvalue weighted by atomic mass is 9.80. The molecular formula is C24H32N6O3S. The van der Waals surface area contributed by atoms with Gasteiger partial charge in [0.25, 0.3) is 0 Å². The molecule has 2 fully saturated rings. The Hall–Kier alpha value is -2.40. The molecule has 5 atom stereocenters. The standard InChI is InChI=1S/C24H32N6O3S/c1-11-7-18-17(9-25-11)29-23(34-18)19-13(3)27-24(26-12(2)14-5-4-6-14)30-22(19)28-16-8-15(10-31)20(32)21(16)33/h7,9,12,14-16,20-21,31-33H,4-6,8,10H2,1-3H3,(H2,26,27,28,30). The number of fused-ring (bicyclic) bond motifs is 1. The summed E-state index contributed by atoms with van der Waals surface area (Å²) in [5.41, 5.74) is 3.29. The first kappa shape index (κ1) is 23.3. The number of aromatic nitrogens is 4. The van der Waals surface area contributed by atoms with Gasteiger partial charge in [0.2, 0.25) is 5.95 Å². The summed E-state index contributed by atoms with van der Waals surface area (Å²) in [6.07, 6.45) is 3.91. The highest BCUT2D eigenvalue weighted by molar-refractivity contribution is 7.21. The minimum Gasteiger partial charge on any atom is -0.396 e. The molecule has 5 rings (SSSR count). The number of hydrogen-bond acceptors (Lipinski definition) is 10. The van der Waals surface area contributed by atoms with Crippen LogP contribution in [0.15, 0.2) is 12.3 Å². The molecule has 5 unspecified atom stereocenters. The van der Waals surface area contributed by atoms with E-state index in [1.807, 2.05) is 19.9 Å². The quantitative estimate of drug-likeness (QED) is 0.343. The molecular weight excluding hydrogens is 452 g/mol. The first-order chi connectivity index (χ1) is 16.3. The number of pyridine rings is 1. The van der Waals surface area contributed by atoms with Crippen molar-refractivity contribution in [1.29, 1.82) is 0 Å². The van der Waals surface area contributed by atoms with Crippen molar-refractivity contribution in [1.82, 2.24) is 19.9 Å². The average molecular weight is 485 g/mol. The van der Waals surface area contributed by atoms with Gasteiger partial charge >= 0.3 is 0 Å². The van der Waals surface area contributed by atoms with E-state index < -0.39 is 18.2 Å². The van der Waals surface area contributed by atoms with E-state index in [0.717, 1.165) is 32.2 Å². The maximum absolute atomic E-state index is 10.6. The largest absolute Gasteiger partial charge is 0.396 e. The molecule has 2 aliphatic carbocycles. The number of anilines is 2. The number of aryl methyl sites for hydroxylation is 2. The van der Waals surface area contributed by atoms with Gasteiger partial charge in [-0.05, 0) is 52.0 Å². The van der Waals surface area contributed by atoms with Gasteiger partial charge in [-0.1, -0.05) is 6.42 Å². The Bertz CT molecular complexity index is 1180. The number of rotatable bonds is 7. The van der Waals surface area contributed by atoms with Crippen LogP contribution >= 0.6 is 11.3 Å². The number of thiazole rings is 1. The minimum absolute atomic E-state index is 0.179. The van der Waals surface area contributed by atoms with Gasteiger partial charge in [0.15, 0.2) is 0 Å². The third-order valence-electron chi connectivity index (χ3n) is 7.29. The zero-order chi connectivity index (χ0) is 24.0. The van der Waals surface area contributed by atoms with E-state index >= 15 is 0 Å². The zero-order valence-electron chi connectivity index (χ0n) is 19.7. The van der Waals surface area contributed by atoms with Crippen LogP contribution in [0.4, 0.5) is 11.8 Å². The first-order valence-electron chi connectivity index (χ1n) is 12.0. The molecule has 0 aliphatic heterocycles. The van der Waals surface area contributed by atoms with Gasteiger partial charge in [0.1, 0.15) is 22.4 Å². The van der Waals surface area contributed by atoms with Gasteiger partial charge < -0.3 is 26.0 Å². The summed E-state index contributed by atoms with van der Waals surface area (Å²) in [5, 5.41) is 38.1. The summed E-state index contributed by atoms with van der Waals surface area (Å²) >= 11 is 1.55. The number of nitrogens with one attached hydrogen (secondary N) is 2. The van der Waals surface area contributed by atoms with Crippen molar-refractivity contribution in [3.63, 3.8) is 0 Å². The van der Waals surface area contributed by atoms with Gasteiger partial charge in [0.05, 0.1) is 34.3 Å². The lowest BCUT2D eigenvalue weighted by molar-refractivity contribution is 0.00446. The summed E-state index contributed by atoms with van der Waals surface area (Å²) in [6, 6.07) is 1.83. The second-order valence-corrected chi connectivity index (χ2v) is 10.7. The Labute approximate surface area is 202 Å². The fraction of sp³-hybridized carbons (Fsp3) is 0.583. The van der Waals surface area contributed by atoms with Crippen molar-refractivity contribution in [2.24, 2.45) is 11.8 Å². The molecule has 34 heavy (non-hydrogen) atoms. The SMILES string of the molecule is Cc1cc2sc(-c3c(C)nc(NC(C)C4CCC4)nc3NC3CC(CO)C(O)C3O)nc2cn1. The van der Waals surface area contributed by atoms with E-state index in [1.54, 1.807) is 17.5 Å². The third kappa shape index (κ3) is 4.35. The molecule has 2 aliphatic rings. The topological polar surface area (TPSA) is 136 Å². The summed E-state index contributed by atoms with van der Waals surface area (Å²) in [4.78, 5) is 18.7. The van der Waals surface area contributed by atoms with Crippen LogP contribution in [-0.4, -0.2) is 66.2 Å². The number of hydrogen-bond donors (Lipinski definition) is 5. The number of nitrogens with zero attached hydrogens (tertiary/aromatic N) is 4. The molecule has 2 saturated carbocycles. The van der Waals surface area contributed by atoms with Crippen LogP contribution in [0.1, 0.15) is 44.0 Å². The molecule has 182 valence electrons. The van der Waals surface area contributed by atoms with Crippen molar-refractivity contribution in [2.45, 2.75) is 70.7 Å². The highest BCUT2D eigenvalue weighted by atomic mass is 32.1. The van der Waals surface area contributed by atoms with Crippen LogP contribution in [0.3, 0.4) is 0 Å². The second kappa shape index (κ2) is 9.33. The molecule has 0 spiro atoms. The van der Waals surface area contributed by atoms with Gasteiger partial charge in [-0.15, -0.1) is 11.3 Å². The van der Waals surface area contributed by atoms with Crippen molar-refractivity contribution in [3.8, 4) is 10.6 Å². The van der Waals surface area contributed by atoms with Gasteiger partial charge in [-0.3, -0.25) is 4.98 Å². The Kier molecular flexibility index (Phi) is 6.41. The molecule has 0 amide bonds. The van der Waals surface area contributed by atoms with Crippen LogP contribution < -0.4 is 10.6 Å². The molecule has 9 nitrogen and oxygen atoms in total. The Morgan fingerprint density at radius 3 is 2.62 bits per heavy atom. The molecule has 3 aromatic rings. The molecule has 5 N–H and O–H groups in total. The maximum Gasteiger partial charge on any atom is 0.225 e. The van der Waals surface area contributed by atoms with Gasteiger partial charge in [-0.25, -0.2) is 9.97 Å². The lowest BCUT2D eigenvalue weighted by Gasteiger charge is -2.32. The fourth-order valence-corrected chi connectivity index (χ4v) is 6.05. The minimum atomic E-state index is -1.01. The first-order valence-corrected chi connectivity index (χ1v) is 12.8. The van der Waals surface area contributed by atoms with Gasteiger partial charge in [-0.2, -0.15) is 4.98 Å². The molecule has 3 heterocycles. The normalized spacial score (nSPS) is 25.9. The van der Waals surface area contributed by atoms with E-state index in [1.165, 1.54) is 19.3 Å². The van der Waals surface area contributed by atoms with E-state index in [0.29, 0.717) is 24.1 Å².